The Morgan fingerprint density at radius 1 is 1.27 bits per heavy atom. The van der Waals surface area contributed by atoms with Gasteiger partial charge in [-0.2, -0.15) is 0 Å². The van der Waals surface area contributed by atoms with Crippen molar-refractivity contribution < 1.29 is 0 Å². The van der Waals surface area contributed by atoms with Crippen LogP contribution in [0.5, 0.6) is 0 Å². The predicted octanol–water partition coefficient (Wildman–Crippen LogP) is 1.58. The smallest absolute Gasteiger partial charge is 0.0280 e. The van der Waals surface area contributed by atoms with Crippen LogP contribution >= 0.6 is 12.4 Å². The van der Waals surface area contributed by atoms with Crippen LogP contribution in [-0.4, -0.2) is 24.6 Å². The van der Waals surface area contributed by atoms with Crippen molar-refractivity contribution in [1.29, 1.82) is 0 Å². The minimum atomic E-state index is 0. The average molecular weight is 177 g/mol. The Labute approximate surface area is 75.0 Å². The molecule has 66 valence electrons. The highest BCUT2D eigenvalue weighted by atomic mass is 35.5. The number of hydrogen-bond acceptors (Lipinski definition) is 2. The minimum Gasteiger partial charge on any atom is -0.251 e. The molecule has 0 amide bonds. The third-order valence-corrected chi connectivity index (χ3v) is 1.82. The standard InChI is InChI=1S/C8H16N2.ClH/c1-2-6-9-10-7-4-3-5-8-10;/h2,9H,1,3-8H2;1H. The van der Waals surface area contributed by atoms with E-state index in [0.29, 0.717) is 0 Å². The van der Waals surface area contributed by atoms with Gasteiger partial charge in [-0.3, -0.25) is 5.43 Å². The lowest BCUT2D eigenvalue weighted by molar-refractivity contribution is 0.162. The van der Waals surface area contributed by atoms with Gasteiger partial charge in [0, 0.05) is 19.6 Å². The SMILES string of the molecule is C=CCNN1CCCCC1.Cl. The molecule has 1 N–H and O–H groups in total. The van der Waals surface area contributed by atoms with Crippen LogP contribution < -0.4 is 5.43 Å². The molecule has 0 unspecified atom stereocenters. The van der Waals surface area contributed by atoms with Crippen molar-refractivity contribution >= 4 is 12.4 Å². The van der Waals surface area contributed by atoms with Crippen molar-refractivity contribution in [1.82, 2.24) is 10.4 Å². The first-order valence-electron chi connectivity index (χ1n) is 4.03. The van der Waals surface area contributed by atoms with Crippen LogP contribution in [0.1, 0.15) is 19.3 Å². The molecule has 0 aromatic heterocycles. The van der Waals surface area contributed by atoms with Crippen molar-refractivity contribution in [3.63, 3.8) is 0 Å². The number of hydrazine groups is 1. The average Bonchev–Trinajstić information content (AvgIpc) is 2.03. The summed E-state index contributed by atoms with van der Waals surface area (Å²) in [5.74, 6) is 0. The summed E-state index contributed by atoms with van der Waals surface area (Å²) in [5, 5.41) is 2.28. The molecular weight excluding hydrogens is 160 g/mol. The maximum Gasteiger partial charge on any atom is 0.0280 e. The molecule has 11 heavy (non-hydrogen) atoms. The van der Waals surface area contributed by atoms with E-state index in [4.69, 9.17) is 0 Å². The molecular formula is C8H17ClN2. The highest BCUT2D eigenvalue weighted by Crippen LogP contribution is 2.05. The maximum absolute atomic E-state index is 3.66. The van der Waals surface area contributed by atoms with Crippen LogP contribution in [-0.2, 0) is 0 Å². The van der Waals surface area contributed by atoms with Gasteiger partial charge in [-0.1, -0.05) is 12.5 Å². The van der Waals surface area contributed by atoms with E-state index in [1.807, 2.05) is 6.08 Å². The molecule has 1 saturated heterocycles. The second kappa shape index (κ2) is 6.65. The summed E-state index contributed by atoms with van der Waals surface area (Å²) in [5.41, 5.74) is 3.29. The van der Waals surface area contributed by atoms with E-state index in [9.17, 15) is 0 Å². The lowest BCUT2D eigenvalue weighted by Crippen LogP contribution is -2.41. The summed E-state index contributed by atoms with van der Waals surface area (Å²) in [6.07, 6.45) is 5.97. The van der Waals surface area contributed by atoms with Gasteiger partial charge >= 0.3 is 0 Å². The lowest BCUT2D eigenvalue weighted by Gasteiger charge is -2.26. The molecule has 0 saturated carbocycles. The number of nitrogens with zero attached hydrogens (tertiary/aromatic N) is 1. The van der Waals surface area contributed by atoms with E-state index in [1.54, 1.807) is 0 Å². The summed E-state index contributed by atoms with van der Waals surface area (Å²) in [4.78, 5) is 0. The largest absolute Gasteiger partial charge is 0.251 e. The van der Waals surface area contributed by atoms with Gasteiger partial charge in [-0.15, -0.1) is 19.0 Å². The molecule has 1 aliphatic heterocycles. The predicted molar refractivity (Wildman–Crippen MR) is 50.9 cm³/mol. The Kier molecular flexibility index (Phi) is 6.62. The molecule has 2 nitrogen and oxygen atoms in total. The molecule has 1 fully saturated rings. The maximum atomic E-state index is 3.66. The molecule has 0 radical (unpaired) electrons. The first kappa shape index (κ1) is 11.0. The topological polar surface area (TPSA) is 15.3 Å². The molecule has 0 spiro atoms. The Morgan fingerprint density at radius 2 is 1.91 bits per heavy atom. The molecule has 1 heterocycles. The van der Waals surface area contributed by atoms with Gasteiger partial charge in [0.25, 0.3) is 0 Å². The van der Waals surface area contributed by atoms with Crippen LogP contribution in [0.4, 0.5) is 0 Å². The van der Waals surface area contributed by atoms with E-state index in [2.05, 4.69) is 17.0 Å². The number of hydrogen-bond donors (Lipinski definition) is 1. The van der Waals surface area contributed by atoms with E-state index < -0.39 is 0 Å². The fourth-order valence-corrected chi connectivity index (χ4v) is 1.25. The van der Waals surface area contributed by atoms with Crippen molar-refractivity contribution in [2.24, 2.45) is 0 Å². The number of piperidine rings is 1. The summed E-state index contributed by atoms with van der Waals surface area (Å²) < 4.78 is 0. The fraction of sp³-hybridized carbons (Fsp3) is 0.750. The van der Waals surface area contributed by atoms with E-state index >= 15 is 0 Å². The Morgan fingerprint density at radius 3 is 2.45 bits per heavy atom. The van der Waals surface area contributed by atoms with E-state index in [-0.39, 0.29) is 12.4 Å². The second-order valence-corrected chi connectivity index (χ2v) is 2.70. The molecule has 1 aliphatic rings. The first-order valence-corrected chi connectivity index (χ1v) is 4.03. The number of nitrogens with one attached hydrogen (secondary N) is 1. The third-order valence-electron chi connectivity index (χ3n) is 1.82. The quantitative estimate of drug-likeness (QED) is 0.658. The third kappa shape index (κ3) is 4.40. The summed E-state index contributed by atoms with van der Waals surface area (Å²) in [6.45, 7) is 6.96. The zero-order valence-electron chi connectivity index (χ0n) is 6.88. The van der Waals surface area contributed by atoms with E-state index in [0.717, 1.165) is 6.54 Å². The first-order chi connectivity index (χ1) is 4.93. The van der Waals surface area contributed by atoms with Gasteiger partial charge in [0.1, 0.15) is 0 Å². The van der Waals surface area contributed by atoms with Gasteiger partial charge in [-0.05, 0) is 12.8 Å². The molecule has 3 heteroatoms. The van der Waals surface area contributed by atoms with Crippen molar-refractivity contribution in [2.75, 3.05) is 19.6 Å². The van der Waals surface area contributed by atoms with Crippen LogP contribution in [0.3, 0.4) is 0 Å². The summed E-state index contributed by atoms with van der Waals surface area (Å²) >= 11 is 0. The Balaban J connectivity index is 0.000001000. The molecule has 0 atom stereocenters. The van der Waals surface area contributed by atoms with Gasteiger partial charge in [0.2, 0.25) is 0 Å². The molecule has 0 bridgehead atoms. The van der Waals surface area contributed by atoms with Crippen LogP contribution in [0.15, 0.2) is 12.7 Å². The fourth-order valence-electron chi connectivity index (χ4n) is 1.25. The van der Waals surface area contributed by atoms with Crippen LogP contribution in [0.2, 0.25) is 0 Å². The number of halogens is 1. The van der Waals surface area contributed by atoms with Gasteiger partial charge in [0.15, 0.2) is 0 Å². The van der Waals surface area contributed by atoms with Gasteiger partial charge in [0.05, 0.1) is 0 Å². The lowest BCUT2D eigenvalue weighted by atomic mass is 10.2. The van der Waals surface area contributed by atoms with Crippen LogP contribution in [0, 0.1) is 0 Å². The zero-order valence-corrected chi connectivity index (χ0v) is 7.70. The molecule has 0 aromatic carbocycles. The Hall–Kier alpha value is -0.0500. The summed E-state index contributed by atoms with van der Waals surface area (Å²) in [6, 6.07) is 0. The molecule has 1 rings (SSSR count). The minimum absolute atomic E-state index is 0. The molecule has 0 aliphatic carbocycles. The van der Waals surface area contributed by atoms with Crippen molar-refractivity contribution in [2.45, 2.75) is 19.3 Å². The van der Waals surface area contributed by atoms with Gasteiger partial charge in [-0.25, -0.2) is 5.01 Å². The summed E-state index contributed by atoms with van der Waals surface area (Å²) in [7, 11) is 0. The normalized spacial score (nSPS) is 18.9. The Bertz CT molecular complexity index is 100. The van der Waals surface area contributed by atoms with Gasteiger partial charge < -0.3 is 0 Å². The van der Waals surface area contributed by atoms with Crippen molar-refractivity contribution in [3.8, 4) is 0 Å². The van der Waals surface area contributed by atoms with Crippen LogP contribution in [0.25, 0.3) is 0 Å². The molecule has 0 aromatic rings. The zero-order chi connectivity index (χ0) is 7.23. The number of rotatable bonds is 3. The van der Waals surface area contributed by atoms with Crippen molar-refractivity contribution in [3.05, 3.63) is 12.7 Å². The highest BCUT2D eigenvalue weighted by molar-refractivity contribution is 5.85. The highest BCUT2D eigenvalue weighted by Gasteiger charge is 2.07. The second-order valence-electron chi connectivity index (χ2n) is 2.70. The van der Waals surface area contributed by atoms with E-state index in [1.165, 1.54) is 32.4 Å². The monoisotopic (exact) mass is 176 g/mol.